The number of piperidine rings is 1. The first-order valence-corrected chi connectivity index (χ1v) is 15.3. The number of anilines is 1. The van der Waals surface area contributed by atoms with Crippen LogP contribution in [0.1, 0.15) is 66.4 Å². The van der Waals surface area contributed by atoms with Crippen LogP contribution in [-0.2, 0) is 0 Å². The van der Waals surface area contributed by atoms with Crippen LogP contribution < -0.4 is 10.2 Å². The molecule has 2 aromatic rings. The van der Waals surface area contributed by atoms with Gasteiger partial charge in [-0.2, -0.15) is 0 Å². The summed E-state index contributed by atoms with van der Waals surface area (Å²) in [7, 11) is 0. The maximum absolute atomic E-state index is 13.1. The molecule has 0 spiro atoms. The Morgan fingerprint density at radius 3 is 2.50 bits per heavy atom. The molecule has 38 heavy (non-hydrogen) atoms. The third-order valence-electron chi connectivity index (χ3n) is 7.82. The summed E-state index contributed by atoms with van der Waals surface area (Å²) in [4.78, 5) is 36.5. The van der Waals surface area contributed by atoms with Gasteiger partial charge in [-0.3, -0.25) is 4.79 Å². The summed E-state index contributed by atoms with van der Waals surface area (Å²) in [6.45, 7) is 4.90. The lowest BCUT2D eigenvalue weighted by Gasteiger charge is -2.36. The Kier molecular flexibility index (Phi) is 9.12. The third kappa shape index (κ3) is 6.64. The van der Waals surface area contributed by atoms with Crippen molar-refractivity contribution in [3.05, 3.63) is 56.0 Å². The number of nitrogens with one attached hydrogen (secondary N) is 1. The highest BCUT2D eigenvalue weighted by Crippen LogP contribution is 2.31. The van der Waals surface area contributed by atoms with Crippen molar-refractivity contribution in [2.45, 2.75) is 50.9 Å². The number of allylic oxidation sites excluding steroid dienone is 1. The summed E-state index contributed by atoms with van der Waals surface area (Å²) >= 11 is 13.8. The van der Waals surface area contributed by atoms with Gasteiger partial charge in [0.05, 0.1) is 15.1 Å². The molecule has 10 heteroatoms. The molecule has 204 valence electrons. The van der Waals surface area contributed by atoms with Crippen molar-refractivity contribution in [2.24, 2.45) is 0 Å². The molecule has 2 saturated heterocycles. The fourth-order valence-corrected chi connectivity index (χ4v) is 6.75. The summed E-state index contributed by atoms with van der Waals surface area (Å²) < 4.78 is 0. The second-order valence-electron chi connectivity index (χ2n) is 10.3. The number of urea groups is 1. The van der Waals surface area contributed by atoms with Crippen molar-refractivity contribution >= 4 is 52.2 Å². The van der Waals surface area contributed by atoms with Gasteiger partial charge in [0.15, 0.2) is 0 Å². The van der Waals surface area contributed by atoms with Crippen LogP contribution in [-0.4, -0.2) is 72.5 Å². The van der Waals surface area contributed by atoms with Gasteiger partial charge in [-0.1, -0.05) is 34.9 Å². The summed E-state index contributed by atoms with van der Waals surface area (Å²) in [6.07, 6.45) is 9.97. The first kappa shape index (κ1) is 27.3. The van der Waals surface area contributed by atoms with Gasteiger partial charge in [0.25, 0.3) is 5.91 Å². The van der Waals surface area contributed by atoms with Gasteiger partial charge in [-0.25, -0.2) is 9.78 Å². The predicted octanol–water partition coefficient (Wildman–Crippen LogP) is 6.19. The average molecular weight is 577 g/mol. The fourth-order valence-electron chi connectivity index (χ4n) is 5.49. The Labute approximate surface area is 238 Å². The van der Waals surface area contributed by atoms with E-state index in [1.807, 2.05) is 27.3 Å². The zero-order valence-corrected chi connectivity index (χ0v) is 24.0. The molecule has 3 amide bonds. The normalized spacial score (nSPS) is 18.9. The molecule has 7 nitrogen and oxygen atoms in total. The van der Waals surface area contributed by atoms with Crippen molar-refractivity contribution < 1.29 is 9.59 Å². The number of piperazine rings is 1. The molecule has 3 heterocycles. The van der Waals surface area contributed by atoms with Crippen LogP contribution in [0.3, 0.4) is 0 Å². The third-order valence-corrected chi connectivity index (χ3v) is 9.56. The first-order chi connectivity index (χ1) is 18.5. The second kappa shape index (κ2) is 12.7. The number of halogens is 2. The Bertz CT molecular complexity index is 1170. The molecule has 0 saturated carbocycles. The summed E-state index contributed by atoms with van der Waals surface area (Å²) in [5.74, 6) is 0.288. The average Bonchev–Trinajstić information content (AvgIpc) is 3.45. The molecular formula is C28H35Cl2N5O2S. The van der Waals surface area contributed by atoms with Crippen LogP contribution >= 0.6 is 34.5 Å². The zero-order chi connectivity index (χ0) is 26.5. The molecule has 0 radical (unpaired) electrons. The molecule has 1 aromatic carbocycles. The van der Waals surface area contributed by atoms with Gasteiger partial charge in [0.2, 0.25) is 0 Å². The lowest BCUT2D eigenvalue weighted by molar-refractivity contribution is 0.0741. The quantitative estimate of drug-likeness (QED) is 0.417. The van der Waals surface area contributed by atoms with Crippen molar-refractivity contribution in [1.82, 2.24) is 20.1 Å². The second-order valence-corrected chi connectivity index (χ2v) is 12.0. The molecule has 0 atom stereocenters. The lowest BCUT2D eigenvalue weighted by atomic mass is 9.97. The number of thiazole rings is 1. The zero-order valence-electron chi connectivity index (χ0n) is 21.6. The number of hydrogen-bond donors (Lipinski definition) is 1. The van der Waals surface area contributed by atoms with E-state index in [9.17, 15) is 9.59 Å². The highest BCUT2D eigenvalue weighted by atomic mass is 35.5. The summed E-state index contributed by atoms with van der Waals surface area (Å²) in [5, 5.41) is 7.07. The smallest absolute Gasteiger partial charge is 0.317 e. The van der Waals surface area contributed by atoms with Gasteiger partial charge < -0.3 is 20.0 Å². The number of likely N-dealkylation sites (tertiary alicyclic amines) is 1. The molecule has 2 aliphatic heterocycles. The van der Waals surface area contributed by atoms with E-state index in [0.717, 1.165) is 56.1 Å². The largest absolute Gasteiger partial charge is 0.368 e. The molecule has 2 fully saturated rings. The maximum Gasteiger partial charge on any atom is 0.317 e. The van der Waals surface area contributed by atoms with Gasteiger partial charge >= 0.3 is 6.03 Å². The van der Waals surface area contributed by atoms with Crippen LogP contribution in [0.25, 0.3) is 0 Å². The molecule has 0 unspecified atom stereocenters. The van der Waals surface area contributed by atoms with E-state index in [1.54, 1.807) is 17.4 Å². The number of aromatic nitrogens is 1. The van der Waals surface area contributed by atoms with Crippen LogP contribution in [0.5, 0.6) is 0 Å². The highest BCUT2D eigenvalue weighted by molar-refractivity contribution is 7.09. The molecule has 1 aromatic heterocycles. The highest BCUT2D eigenvalue weighted by Gasteiger charge is 2.28. The van der Waals surface area contributed by atoms with Crippen LogP contribution in [0.2, 0.25) is 10.0 Å². The molecule has 3 aliphatic rings. The number of rotatable bonds is 6. The Morgan fingerprint density at radius 2 is 1.79 bits per heavy atom. The van der Waals surface area contributed by atoms with Crippen molar-refractivity contribution in [3.8, 4) is 0 Å². The first-order valence-electron chi connectivity index (χ1n) is 13.6. The van der Waals surface area contributed by atoms with Crippen molar-refractivity contribution in [1.29, 1.82) is 0 Å². The molecular weight excluding hydrogens is 541 g/mol. The lowest BCUT2D eigenvalue weighted by Crippen LogP contribution is -2.48. The van der Waals surface area contributed by atoms with Gasteiger partial charge in [-0.15, -0.1) is 11.3 Å². The number of carbonyl (C=O) groups is 2. The number of amides is 3. The van der Waals surface area contributed by atoms with E-state index in [-0.39, 0.29) is 11.9 Å². The van der Waals surface area contributed by atoms with Crippen LogP contribution in [0.4, 0.5) is 10.5 Å². The molecule has 1 N–H and O–H groups in total. The Morgan fingerprint density at radius 1 is 1.00 bits per heavy atom. The van der Waals surface area contributed by atoms with E-state index in [0.29, 0.717) is 41.3 Å². The minimum Gasteiger partial charge on any atom is -0.368 e. The fraction of sp³-hybridized carbons (Fsp3) is 0.536. The minimum absolute atomic E-state index is 0.00816. The number of hydrogen-bond acceptors (Lipinski definition) is 5. The SMILES string of the molecule is O=C(NCCC1=CCCCC1)N1CCC(c2nc(C(=O)N3CCN(c4ccc(Cl)c(Cl)c4)CC3)cs2)CC1. The van der Waals surface area contributed by atoms with Gasteiger partial charge in [-0.05, 0) is 63.1 Å². The number of carbonyl (C=O) groups excluding carboxylic acids is 2. The number of benzene rings is 1. The van der Waals surface area contributed by atoms with Crippen LogP contribution in [0, 0.1) is 0 Å². The molecule has 5 rings (SSSR count). The van der Waals surface area contributed by atoms with Gasteiger partial charge in [0.1, 0.15) is 5.69 Å². The van der Waals surface area contributed by atoms with Crippen molar-refractivity contribution in [3.63, 3.8) is 0 Å². The monoisotopic (exact) mass is 575 g/mol. The predicted molar refractivity (Wildman–Crippen MR) is 155 cm³/mol. The molecule has 0 bridgehead atoms. The summed E-state index contributed by atoms with van der Waals surface area (Å²) in [6, 6.07) is 5.68. The standard InChI is InChI=1S/C28H35Cl2N5O2S/c29-23-7-6-22(18-24(23)30)33-14-16-34(17-15-33)27(36)25-19-38-26(32-25)21-9-12-35(13-10-21)28(37)31-11-8-20-4-2-1-3-5-20/h4,6-7,18-19,21H,1-3,5,8-17H2,(H,31,37). The minimum atomic E-state index is -0.00816. The maximum atomic E-state index is 13.1. The Balaban J connectivity index is 1.06. The van der Waals surface area contributed by atoms with E-state index >= 15 is 0 Å². The number of nitrogens with zero attached hydrogens (tertiary/aromatic N) is 4. The van der Waals surface area contributed by atoms with Gasteiger partial charge in [0, 0.05) is 62.8 Å². The van der Waals surface area contributed by atoms with E-state index in [4.69, 9.17) is 28.2 Å². The Hall–Kier alpha value is -2.29. The van der Waals surface area contributed by atoms with E-state index < -0.39 is 0 Å². The topological polar surface area (TPSA) is 68.8 Å². The van der Waals surface area contributed by atoms with Crippen LogP contribution in [0.15, 0.2) is 35.2 Å². The van der Waals surface area contributed by atoms with E-state index in [1.165, 1.54) is 31.3 Å². The summed E-state index contributed by atoms with van der Waals surface area (Å²) in [5.41, 5.74) is 3.03. The van der Waals surface area contributed by atoms with E-state index in [2.05, 4.69) is 16.3 Å². The molecule has 1 aliphatic carbocycles. The van der Waals surface area contributed by atoms with Crippen molar-refractivity contribution in [2.75, 3.05) is 50.7 Å².